The molecule has 0 saturated heterocycles. The topological polar surface area (TPSA) is 78.4 Å². The van der Waals surface area contributed by atoms with Crippen LogP contribution >= 0.6 is 11.3 Å². The molecule has 3 N–H and O–H groups in total. The van der Waals surface area contributed by atoms with Crippen molar-refractivity contribution < 1.29 is 14.7 Å². The van der Waals surface area contributed by atoms with Crippen molar-refractivity contribution in [2.24, 2.45) is 0 Å². The zero-order valence-electron chi connectivity index (χ0n) is 10.5. The average Bonchev–Trinajstić information content (AvgIpc) is 2.71. The van der Waals surface area contributed by atoms with Gasteiger partial charge in [-0.1, -0.05) is 13.3 Å². The van der Waals surface area contributed by atoms with Crippen LogP contribution in [0.4, 0.5) is 4.79 Å². The van der Waals surface area contributed by atoms with Gasteiger partial charge in [0.2, 0.25) is 0 Å². The molecule has 0 saturated carbocycles. The van der Waals surface area contributed by atoms with E-state index in [2.05, 4.69) is 10.6 Å². The van der Waals surface area contributed by atoms with Crippen molar-refractivity contribution in [1.82, 2.24) is 10.6 Å². The third-order valence-electron chi connectivity index (χ3n) is 2.58. The smallest absolute Gasteiger partial charge is 0.326 e. The summed E-state index contributed by atoms with van der Waals surface area (Å²) in [6.45, 7) is 4.27. The molecule has 0 radical (unpaired) electrons. The van der Waals surface area contributed by atoms with Crippen molar-refractivity contribution in [2.75, 3.05) is 0 Å². The Morgan fingerprint density at radius 3 is 2.67 bits per heavy atom. The summed E-state index contributed by atoms with van der Waals surface area (Å²) in [5.74, 6) is -1.00. The van der Waals surface area contributed by atoms with Crippen molar-refractivity contribution in [3.8, 4) is 0 Å². The number of carboxylic acid groups (broad SMARTS) is 1. The maximum absolute atomic E-state index is 11.6. The van der Waals surface area contributed by atoms with Gasteiger partial charge in [0, 0.05) is 6.54 Å². The van der Waals surface area contributed by atoms with Crippen molar-refractivity contribution in [3.05, 3.63) is 21.9 Å². The molecule has 6 heteroatoms. The monoisotopic (exact) mass is 270 g/mol. The van der Waals surface area contributed by atoms with E-state index < -0.39 is 18.0 Å². The van der Waals surface area contributed by atoms with Crippen LogP contribution in [-0.4, -0.2) is 23.1 Å². The van der Waals surface area contributed by atoms with Gasteiger partial charge >= 0.3 is 12.0 Å². The number of aryl methyl sites for hydroxylation is 1. The summed E-state index contributed by atoms with van der Waals surface area (Å²) >= 11 is 1.58. The summed E-state index contributed by atoms with van der Waals surface area (Å²) in [5, 5.41) is 18.0. The van der Waals surface area contributed by atoms with Gasteiger partial charge in [0.1, 0.15) is 6.04 Å². The second-order valence-corrected chi connectivity index (χ2v) is 4.83. The van der Waals surface area contributed by atoms with Gasteiger partial charge in [0.15, 0.2) is 0 Å². The molecule has 0 bridgehead atoms. The van der Waals surface area contributed by atoms with E-state index in [1.165, 1.54) is 0 Å². The first-order valence-corrected chi connectivity index (χ1v) is 6.77. The van der Waals surface area contributed by atoms with E-state index in [4.69, 9.17) is 5.11 Å². The van der Waals surface area contributed by atoms with Crippen molar-refractivity contribution in [3.63, 3.8) is 0 Å². The standard InChI is InChI=1S/C12H18N2O3S/c1-3-4-10(11(15)16)14-12(17)13-5-9-7-18-6-8(9)2/h6-7,10H,3-5H2,1-2H3,(H,15,16)(H2,13,14,17). The minimum Gasteiger partial charge on any atom is -0.480 e. The van der Waals surface area contributed by atoms with E-state index in [-0.39, 0.29) is 0 Å². The molecule has 1 aromatic rings. The second-order valence-electron chi connectivity index (χ2n) is 4.09. The highest BCUT2D eigenvalue weighted by Gasteiger charge is 2.18. The molecule has 0 fully saturated rings. The van der Waals surface area contributed by atoms with E-state index in [0.29, 0.717) is 19.4 Å². The summed E-state index contributed by atoms with van der Waals surface area (Å²) < 4.78 is 0. The summed E-state index contributed by atoms with van der Waals surface area (Å²) in [5.41, 5.74) is 2.18. The Kier molecular flexibility index (Phi) is 5.64. The molecule has 0 aromatic carbocycles. The van der Waals surface area contributed by atoms with E-state index >= 15 is 0 Å². The lowest BCUT2D eigenvalue weighted by Gasteiger charge is -2.14. The van der Waals surface area contributed by atoms with Crippen molar-refractivity contribution in [1.29, 1.82) is 0 Å². The van der Waals surface area contributed by atoms with Crippen LogP contribution in [0.5, 0.6) is 0 Å². The van der Waals surface area contributed by atoms with Crippen LogP contribution in [0.3, 0.4) is 0 Å². The fourth-order valence-electron chi connectivity index (χ4n) is 1.50. The van der Waals surface area contributed by atoms with Gasteiger partial charge in [-0.2, -0.15) is 11.3 Å². The lowest BCUT2D eigenvalue weighted by Crippen LogP contribution is -2.45. The zero-order valence-corrected chi connectivity index (χ0v) is 11.3. The summed E-state index contributed by atoms with van der Waals surface area (Å²) in [4.78, 5) is 22.4. The Morgan fingerprint density at radius 1 is 1.44 bits per heavy atom. The summed E-state index contributed by atoms with van der Waals surface area (Å²) in [7, 11) is 0. The number of rotatable bonds is 6. The normalized spacial score (nSPS) is 11.9. The molecule has 2 amide bonds. The Bertz CT molecular complexity index is 417. The Hall–Kier alpha value is -1.56. The van der Waals surface area contributed by atoms with Crippen LogP contribution in [0, 0.1) is 6.92 Å². The molecular weight excluding hydrogens is 252 g/mol. The highest BCUT2D eigenvalue weighted by atomic mass is 32.1. The molecule has 1 atom stereocenters. The van der Waals surface area contributed by atoms with E-state index in [1.54, 1.807) is 11.3 Å². The maximum atomic E-state index is 11.6. The highest BCUT2D eigenvalue weighted by molar-refractivity contribution is 7.08. The predicted molar refractivity (Wildman–Crippen MR) is 70.8 cm³/mol. The number of urea groups is 1. The molecule has 1 unspecified atom stereocenters. The molecule has 1 heterocycles. The van der Waals surface area contributed by atoms with Gasteiger partial charge in [0.25, 0.3) is 0 Å². The minimum absolute atomic E-state index is 0.416. The SMILES string of the molecule is CCCC(NC(=O)NCc1cscc1C)C(=O)O. The molecule has 1 aromatic heterocycles. The van der Waals surface area contributed by atoms with Crippen molar-refractivity contribution in [2.45, 2.75) is 39.3 Å². The zero-order chi connectivity index (χ0) is 13.5. The van der Waals surface area contributed by atoms with E-state index in [1.807, 2.05) is 24.6 Å². The lowest BCUT2D eigenvalue weighted by molar-refractivity contribution is -0.139. The van der Waals surface area contributed by atoms with Gasteiger partial charge in [-0.15, -0.1) is 0 Å². The Balaban J connectivity index is 2.41. The largest absolute Gasteiger partial charge is 0.480 e. The van der Waals surface area contributed by atoms with Crippen LogP contribution < -0.4 is 10.6 Å². The molecule has 100 valence electrons. The number of amides is 2. The summed E-state index contributed by atoms with van der Waals surface area (Å²) in [6, 6.07) is -1.26. The number of carboxylic acids is 1. The average molecular weight is 270 g/mol. The van der Waals surface area contributed by atoms with Gasteiger partial charge in [0.05, 0.1) is 0 Å². The third kappa shape index (κ3) is 4.37. The number of aliphatic carboxylic acids is 1. The first-order valence-electron chi connectivity index (χ1n) is 5.83. The number of hydrogen-bond donors (Lipinski definition) is 3. The first-order chi connectivity index (χ1) is 8.54. The van der Waals surface area contributed by atoms with Crippen LogP contribution in [0.1, 0.15) is 30.9 Å². The first kappa shape index (κ1) is 14.5. The van der Waals surface area contributed by atoms with Gasteiger partial charge in [-0.05, 0) is 35.2 Å². The number of carbonyl (C=O) groups excluding carboxylic acids is 1. The molecular formula is C12H18N2O3S. The van der Waals surface area contributed by atoms with Gasteiger partial charge in [-0.25, -0.2) is 9.59 Å². The van der Waals surface area contributed by atoms with E-state index in [9.17, 15) is 9.59 Å². The maximum Gasteiger partial charge on any atom is 0.326 e. The number of carbonyl (C=O) groups is 2. The van der Waals surface area contributed by atoms with Crippen LogP contribution in [0.2, 0.25) is 0 Å². The molecule has 18 heavy (non-hydrogen) atoms. The minimum atomic E-state index is -1.00. The van der Waals surface area contributed by atoms with Gasteiger partial charge < -0.3 is 15.7 Å². The molecule has 1 rings (SSSR count). The molecule has 0 aliphatic carbocycles. The predicted octanol–water partition coefficient (Wildman–Crippen LogP) is 2.11. The fraction of sp³-hybridized carbons (Fsp3) is 0.500. The number of thiophene rings is 1. The van der Waals surface area contributed by atoms with Crippen LogP contribution in [0.15, 0.2) is 10.8 Å². The lowest BCUT2D eigenvalue weighted by atomic mass is 10.2. The van der Waals surface area contributed by atoms with Crippen LogP contribution in [0.25, 0.3) is 0 Å². The number of nitrogens with one attached hydrogen (secondary N) is 2. The summed E-state index contributed by atoms with van der Waals surface area (Å²) in [6.07, 6.45) is 1.14. The molecule has 0 aliphatic rings. The Morgan fingerprint density at radius 2 is 2.17 bits per heavy atom. The molecule has 5 nitrogen and oxygen atoms in total. The van der Waals surface area contributed by atoms with Gasteiger partial charge in [-0.3, -0.25) is 0 Å². The van der Waals surface area contributed by atoms with Crippen LogP contribution in [-0.2, 0) is 11.3 Å². The number of hydrogen-bond acceptors (Lipinski definition) is 3. The highest BCUT2D eigenvalue weighted by Crippen LogP contribution is 2.12. The van der Waals surface area contributed by atoms with Crippen molar-refractivity contribution >= 4 is 23.3 Å². The molecule has 0 aliphatic heterocycles. The third-order valence-corrected chi connectivity index (χ3v) is 3.49. The van der Waals surface area contributed by atoms with E-state index in [0.717, 1.165) is 11.1 Å². The fourth-order valence-corrected chi connectivity index (χ4v) is 2.36. The quantitative estimate of drug-likeness (QED) is 0.740. The Labute approximate surface area is 110 Å². The molecule has 0 spiro atoms. The second kappa shape index (κ2) is 7.00.